The molecule has 156 valence electrons. The summed E-state index contributed by atoms with van der Waals surface area (Å²) in [6.45, 7) is 10.2. The van der Waals surface area contributed by atoms with Crippen LogP contribution in [-0.2, 0) is 21.2 Å². The fourth-order valence-corrected chi connectivity index (χ4v) is 4.87. The minimum absolute atomic E-state index is 0.0336. The Balaban J connectivity index is 2.01. The Morgan fingerprint density at radius 1 is 1.13 bits per heavy atom. The average molecular weight is 429 g/mol. The van der Waals surface area contributed by atoms with E-state index in [0.717, 1.165) is 11.2 Å². The molecule has 9 heteroatoms. The predicted molar refractivity (Wildman–Crippen MR) is 110 cm³/mol. The fourth-order valence-electron chi connectivity index (χ4n) is 3.60. The van der Waals surface area contributed by atoms with Crippen LogP contribution in [-0.4, -0.2) is 36.5 Å². The molecular weight excluding hydrogens is 409 g/mol. The lowest BCUT2D eigenvalue weighted by atomic mass is 9.93. The van der Waals surface area contributed by atoms with Gasteiger partial charge in [0.15, 0.2) is 5.69 Å². The van der Waals surface area contributed by atoms with Crippen molar-refractivity contribution in [2.24, 2.45) is 0 Å². The van der Waals surface area contributed by atoms with E-state index < -0.39 is 33.3 Å². The third kappa shape index (κ3) is 3.66. The minimum Gasteiger partial charge on any atom is -0.271 e. The number of imide groups is 1. The van der Waals surface area contributed by atoms with E-state index in [1.54, 1.807) is 19.1 Å². The number of urea groups is 1. The molecular formula is C21H20FN3O4S. The van der Waals surface area contributed by atoms with Crippen LogP contribution in [0, 0.1) is 19.3 Å². The van der Waals surface area contributed by atoms with E-state index in [-0.39, 0.29) is 18.5 Å². The molecule has 0 N–H and O–H groups in total. The van der Waals surface area contributed by atoms with Crippen LogP contribution in [0.2, 0.25) is 0 Å². The molecule has 0 aromatic heterocycles. The first kappa shape index (κ1) is 21.5. The van der Waals surface area contributed by atoms with Crippen molar-refractivity contribution in [2.45, 2.75) is 32.2 Å². The molecule has 3 rings (SSSR count). The average Bonchev–Trinajstić information content (AvgIpc) is 2.87. The van der Waals surface area contributed by atoms with E-state index in [4.69, 9.17) is 6.57 Å². The van der Waals surface area contributed by atoms with Crippen molar-refractivity contribution in [3.8, 4) is 0 Å². The smallest absolute Gasteiger partial charge is 0.271 e. The Labute approximate surface area is 174 Å². The first-order valence-electron chi connectivity index (χ1n) is 9.10. The van der Waals surface area contributed by atoms with Crippen LogP contribution in [0.15, 0.2) is 42.5 Å². The van der Waals surface area contributed by atoms with Gasteiger partial charge in [0, 0.05) is 0 Å². The molecule has 1 aliphatic heterocycles. The summed E-state index contributed by atoms with van der Waals surface area (Å²) in [4.78, 5) is 30.6. The molecule has 1 unspecified atom stereocenters. The maximum absolute atomic E-state index is 13.3. The van der Waals surface area contributed by atoms with E-state index in [2.05, 4.69) is 4.85 Å². The van der Waals surface area contributed by atoms with Gasteiger partial charge in [-0.2, -0.15) is 0 Å². The number of aryl methyl sites for hydroxylation is 2. The van der Waals surface area contributed by atoms with Crippen LogP contribution in [0.5, 0.6) is 0 Å². The number of rotatable bonds is 5. The molecule has 1 atom stereocenters. The second-order valence-electron chi connectivity index (χ2n) is 7.43. The van der Waals surface area contributed by atoms with Crippen LogP contribution in [0.4, 0.5) is 20.6 Å². The molecule has 1 heterocycles. The number of benzene rings is 2. The number of carbonyl (C=O) groups is 2. The molecule has 0 radical (unpaired) electrons. The summed E-state index contributed by atoms with van der Waals surface area (Å²) >= 11 is 0. The van der Waals surface area contributed by atoms with Crippen molar-refractivity contribution < 1.29 is 22.4 Å². The van der Waals surface area contributed by atoms with Crippen molar-refractivity contribution in [1.29, 1.82) is 0 Å². The zero-order chi connectivity index (χ0) is 22.3. The molecule has 2 aromatic carbocycles. The third-order valence-corrected chi connectivity index (χ3v) is 6.40. The summed E-state index contributed by atoms with van der Waals surface area (Å²) in [6.07, 6.45) is 1.18. The van der Waals surface area contributed by atoms with E-state index in [1.807, 2.05) is 0 Å². The van der Waals surface area contributed by atoms with Gasteiger partial charge in [0.25, 0.3) is 5.91 Å². The second kappa shape index (κ2) is 7.54. The number of amides is 3. The first-order chi connectivity index (χ1) is 14.0. The van der Waals surface area contributed by atoms with E-state index in [0.29, 0.717) is 21.1 Å². The second-order valence-corrected chi connectivity index (χ2v) is 9.26. The molecule has 0 saturated carbocycles. The van der Waals surface area contributed by atoms with Gasteiger partial charge in [-0.1, -0.05) is 18.2 Å². The van der Waals surface area contributed by atoms with Gasteiger partial charge in [-0.3, -0.25) is 4.79 Å². The molecule has 0 bridgehead atoms. The van der Waals surface area contributed by atoms with Gasteiger partial charge in [-0.05, 0) is 62.1 Å². The number of hydrogen-bond donors (Lipinski definition) is 0. The maximum atomic E-state index is 13.3. The largest absolute Gasteiger partial charge is 0.346 e. The Kier molecular flexibility index (Phi) is 5.39. The number of nitrogens with zero attached hydrogens (tertiary/aromatic N) is 3. The van der Waals surface area contributed by atoms with E-state index >= 15 is 0 Å². The van der Waals surface area contributed by atoms with Gasteiger partial charge in [-0.25, -0.2) is 31.7 Å². The Morgan fingerprint density at radius 2 is 1.77 bits per heavy atom. The van der Waals surface area contributed by atoms with E-state index in [9.17, 15) is 22.4 Å². The molecule has 0 spiro atoms. The van der Waals surface area contributed by atoms with Crippen molar-refractivity contribution in [1.82, 2.24) is 4.31 Å². The Bertz CT molecular complexity index is 1170. The molecule has 1 fully saturated rings. The van der Waals surface area contributed by atoms with Gasteiger partial charge in [0.1, 0.15) is 11.4 Å². The lowest BCUT2D eigenvalue weighted by Gasteiger charge is -2.29. The van der Waals surface area contributed by atoms with Gasteiger partial charge >= 0.3 is 6.03 Å². The molecule has 1 saturated heterocycles. The highest BCUT2D eigenvalue weighted by Crippen LogP contribution is 2.38. The molecule has 7 nitrogen and oxygen atoms in total. The highest BCUT2D eigenvalue weighted by Gasteiger charge is 2.58. The van der Waals surface area contributed by atoms with Crippen LogP contribution in [0.3, 0.4) is 0 Å². The lowest BCUT2D eigenvalue weighted by molar-refractivity contribution is -0.123. The number of halogens is 1. The fraction of sp³-hybridized carbons (Fsp3) is 0.286. The standard InChI is InChI=1S/C21H20FN3O4S/c1-14-13-17(9-10-18(14)23-3)24-19(26)21(2,25(20(24)27)30(4,28)29)12-11-15-5-7-16(22)8-6-15/h5-10,13H,11-12H2,1-2,4H3. The summed E-state index contributed by atoms with van der Waals surface area (Å²) in [5.41, 5.74) is 0.215. The topological polar surface area (TPSA) is 79.1 Å². The number of sulfonamides is 1. The van der Waals surface area contributed by atoms with Crippen molar-refractivity contribution in [2.75, 3.05) is 11.2 Å². The molecule has 1 aliphatic rings. The van der Waals surface area contributed by atoms with Crippen molar-refractivity contribution in [3.05, 3.63) is 70.8 Å². The van der Waals surface area contributed by atoms with E-state index in [1.165, 1.54) is 37.3 Å². The summed E-state index contributed by atoms with van der Waals surface area (Å²) in [7, 11) is -4.05. The summed E-state index contributed by atoms with van der Waals surface area (Å²) < 4.78 is 38.6. The molecule has 3 amide bonds. The van der Waals surface area contributed by atoms with Crippen LogP contribution >= 0.6 is 0 Å². The predicted octanol–water partition coefficient (Wildman–Crippen LogP) is 3.80. The Hall–Kier alpha value is -3.25. The molecule has 0 aliphatic carbocycles. The first-order valence-corrected chi connectivity index (χ1v) is 11.0. The SMILES string of the molecule is [C-]#[N+]c1ccc(N2C(=O)N(S(C)(=O)=O)C(C)(CCc3ccc(F)cc3)C2=O)cc1C. The number of carbonyl (C=O) groups excluding carboxylic acids is 2. The van der Waals surface area contributed by atoms with Gasteiger partial charge in [0.05, 0.1) is 18.5 Å². The van der Waals surface area contributed by atoms with Crippen molar-refractivity contribution in [3.63, 3.8) is 0 Å². The maximum Gasteiger partial charge on any atom is 0.346 e. The number of anilines is 1. The van der Waals surface area contributed by atoms with Gasteiger partial charge in [0.2, 0.25) is 10.0 Å². The van der Waals surface area contributed by atoms with Crippen LogP contribution in [0.25, 0.3) is 4.85 Å². The highest BCUT2D eigenvalue weighted by molar-refractivity contribution is 7.89. The summed E-state index contributed by atoms with van der Waals surface area (Å²) in [6, 6.07) is 9.14. The summed E-state index contributed by atoms with van der Waals surface area (Å²) in [5.74, 6) is -1.07. The van der Waals surface area contributed by atoms with Crippen LogP contribution < -0.4 is 4.90 Å². The third-order valence-electron chi connectivity index (χ3n) is 5.18. The van der Waals surface area contributed by atoms with Crippen LogP contribution in [0.1, 0.15) is 24.5 Å². The molecule has 2 aromatic rings. The Morgan fingerprint density at radius 3 is 2.30 bits per heavy atom. The monoisotopic (exact) mass is 429 g/mol. The van der Waals surface area contributed by atoms with Crippen molar-refractivity contribution >= 4 is 33.3 Å². The quantitative estimate of drug-likeness (QED) is 0.535. The number of hydrogen-bond acceptors (Lipinski definition) is 4. The zero-order valence-corrected chi connectivity index (χ0v) is 17.5. The highest BCUT2D eigenvalue weighted by atomic mass is 32.2. The van der Waals surface area contributed by atoms with Gasteiger partial charge in [-0.15, -0.1) is 0 Å². The minimum atomic E-state index is -4.05. The normalized spacial score (nSPS) is 19.3. The summed E-state index contributed by atoms with van der Waals surface area (Å²) in [5, 5.41) is 0. The van der Waals surface area contributed by atoms with Gasteiger partial charge < -0.3 is 0 Å². The zero-order valence-electron chi connectivity index (χ0n) is 16.7. The molecule has 30 heavy (non-hydrogen) atoms. The lowest BCUT2D eigenvalue weighted by Crippen LogP contribution is -2.49.